The fraction of sp³-hybridized carbons (Fsp3) is 0.0169. The Morgan fingerprint density at radius 2 is 0.825 bits per heavy atom. The molecular weight excluding hydrogens is 765 g/mol. The third kappa shape index (κ3) is 5.91. The van der Waals surface area contributed by atoms with E-state index < -0.39 is 5.41 Å². The van der Waals surface area contributed by atoms with Crippen LogP contribution >= 0.6 is 0 Å². The van der Waals surface area contributed by atoms with Gasteiger partial charge in [0.1, 0.15) is 0 Å². The van der Waals surface area contributed by atoms with Gasteiger partial charge in [0.25, 0.3) is 0 Å². The van der Waals surface area contributed by atoms with Gasteiger partial charge in [-0.05, 0) is 88.0 Å². The molecule has 0 spiro atoms. The van der Waals surface area contributed by atoms with Crippen molar-refractivity contribution in [1.29, 1.82) is 0 Å². The topological polar surface area (TPSA) is 34.0 Å². The highest BCUT2D eigenvalue weighted by Crippen LogP contribution is 2.57. The molecule has 296 valence electrons. The summed E-state index contributed by atoms with van der Waals surface area (Å²) >= 11 is 0. The Morgan fingerprint density at radius 1 is 0.333 bits per heavy atom. The van der Waals surface area contributed by atoms with Crippen LogP contribution in [0.3, 0.4) is 0 Å². The van der Waals surface area contributed by atoms with Crippen LogP contribution < -0.4 is 4.90 Å². The second kappa shape index (κ2) is 15.0. The van der Waals surface area contributed by atoms with Gasteiger partial charge in [0, 0.05) is 27.6 Å². The van der Waals surface area contributed by atoms with Crippen molar-refractivity contribution in [2.45, 2.75) is 5.41 Å². The van der Waals surface area contributed by atoms with Crippen LogP contribution in [0.2, 0.25) is 0 Å². The van der Waals surface area contributed by atoms with Crippen LogP contribution in [0.4, 0.5) is 17.3 Å². The monoisotopic (exact) mass is 804 g/mol. The van der Waals surface area contributed by atoms with Gasteiger partial charge in [0.2, 0.25) is 5.95 Å². The van der Waals surface area contributed by atoms with E-state index in [1.54, 1.807) is 0 Å². The van der Waals surface area contributed by atoms with E-state index in [4.69, 9.17) is 9.97 Å². The number of nitrogens with zero attached hydrogens (tertiary/aromatic N) is 4. The maximum Gasteiger partial charge on any atom is 0.235 e. The Hall–Kier alpha value is -8.34. The molecule has 0 amide bonds. The molecule has 2 aromatic heterocycles. The summed E-state index contributed by atoms with van der Waals surface area (Å²) in [5.74, 6) is 0.619. The highest BCUT2D eigenvalue weighted by molar-refractivity contribution is 6.10. The van der Waals surface area contributed by atoms with E-state index in [1.807, 2.05) is 12.1 Å². The van der Waals surface area contributed by atoms with Crippen LogP contribution in [0.25, 0.3) is 61.1 Å². The van der Waals surface area contributed by atoms with Crippen LogP contribution in [0, 0.1) is 0 Å². The summed E-state index contributed by atoms with van der Waals surface area (Å²) in [6.45, 7) is 0. The lowest BCUT2D eigenvalue weighted by atomic mass is 9.62. The summed E-state index contributed by atoms with van der Waals surface area (Å²) in [6, 6.07) is 87.0. The Kier molecular flexibility index (Phi) is 8.68. The molecule has 0 fully saturated rings. The molecule has 0 saturated heterocycles. The Bertz CT molecular complexity index is 3350. The molecule has 1 aliphatic rings. The predicted octanol–water partition coefficient (Wildman–Crippen LogP) is 14.7. The minimum Gasteiger partial charge on any atom is -0.309 e. The first-order valence-corrected chi connectivity index (χ1v) is 21.5. The van der Waals surface area contributed by atoms with Gasteiger partial charge in [-0.15, -0.1) is 0 Å². The lowest BCUT2D eigenvalue weighted by Crippen LogP contribution is -2.38. The molecule has 0 atom stereocenters. The second-order valence-corrected chi connectivity index (χ2v) is 16.2. The molecule has 12 rings (SSSR count). The maximum atomic E-state index is 5.38. The van der Waals surface area contributed by atoms with Crippen LogP contribution in [-0.2, 0) is 5.41 Å². The third-order valence-corrected chi connectivity index (χ3v) is 12.7. The van der Waals surface area contributed by atoms with Gasteiger partial charge in [-0.2, -0.15) is 0 Å². The lowest BCUT2D eigenvalue weighted by Gasteiger charge is -2.46. The normalized spacial score (nSPS) is 12.9. The molecule has 0 unspecified atom stereocenters. The number of hydrogen-bond acceptors (Lipinski definition) is 3. The van der Waals surface area contributed by atoms with Crippen molar-refractivity contribution in [3.63, 3.8) is 0 Å². The third-order valence-electron chi connectivity index (χ3n) is 12.7. The van der Waals surface area contributed by atoms with Crippen LogP contribution in [-0.4, -0.2) is 14.5 Å². The van der Waals surface area contributed by atoms with E-state index >= 15 is 0 Å². The van der Waals surface area contributed by atoms with Crippen molar-refractivity contribution in [3.05, 3.63) is 265 Å². The van der Waals surface area contributed by atoms with E-state index in [-0.39, 0.29) is 0 Å². The minimum atomic E-state index is -0.687. The van der Waals surface area contributed by atoms with Crippen LogP contribution in [0.1, 0.15) is 22.3 Å². The van der Waals surface area contributed by atoms with Crippen molar-refractivity contribution in [1.82, 2.24) is 14.5 Å². The highest BCUT2D eigenvalue weighted by atomic mass is 15.3. The first-order valence-electron chi connectivity index (χ1n) is 21.5. The van der Waals surface area contributed by atoms with E-state index in [9.17, 15) is 0 Å². The zero-order valence-electron chi connectivity index (χ0n) is 34.4. The lowest BCUT2D eigenvalue weighted by molar-refractivity contribution is 0.729. The fourth-order valence-corrected chi connectivity index (χ4v) is 9.93. The molecule has 0 N–H and O–H groups in total. The van der Waals surface area contributed by atoms with Crippen LogP contribution in [0.5, 0.6) is 0 Å². The average Bonchev–Trinajstić information content (AvgIpc) is 3.70. The SMILES string of the molecule is c1ccc(-c2cc(-c3ccccc3)nc(N3c4ccccc4C(c4ccccc4)(c4cccc(-c5ccc6c(c5)c5ccccc5n6-c5ccccc5)c4)c4ccccc43)n2)cc1. The quantitative estimate of drug-likeness (QED) is 0.161. The van der Waals surface area contributed by atoms with Crippen molar-refractivity contribution >= 4 is 39.1 Å². The number of anilines is 3. The molecule has 3 heterocycles. The van der Waals surface area contributed by atoms with Gasteiger partial charge >= 0.3 is 0 Å². The zero-order chi connectivity index (χ0) is 41.7. The van der Waals surface area contributed by atoms with Crippen LogP contribution in [0.15, 0.2) is 243 Å². The maximum absolute atomic E-state index is 5.38. The molecule has 0 aliphatic carbocycles. The first-order chi connectivity index (χ1) is 31.3. The van der Waals surface area contributed by atoms with Crippen molar-refractivity contribution in [2.24, 2.45) is 0 Å². The number of aromatic nitrogens is 3. The molecule has 4 heteroatoms. The van der Waals surface area contributed by atoms with Gasteiger partial charge in [-0.3, -0.25) is 4.90 Å². The molecule has 0 saturated carbocycles. The van der Waals surface area contributed by atoms with Gasteiger partial charge in [0.05, 0.1) is 39.2 Å². The van der Waals surface area contributed by atoms with Crippen molar-refractivity contribution in [3.8, 4) is 39.3 Å². The average molecular weight is 805 g/mol. The highest BCUT2D eigenvalue weighted by Gasteiger charge is 2.47. The second-order valence-electron chi connectivity index (χ2n) is 16.2. The summed E-state index contributed by atoms with van der Waals surface area (Å²) in [4.78, 5) is 13.0. The van der Waals surface area contributed by atoms with E-state index in [1.165, 1.54) is 38.5 Å². The number of para-hydroxylation sites is 4. The molecule has 1 aliphatic heterocycles. The Labute approximate surface area is 366 Å². The van der Waals surface area contributed by atoms with Gasteiger partial charge in [-0.25, -0.2) is 9.97 Å². The summed E-state index contributed by atoms with van der Waals surface area (Å²) in [5.41, 5.74) is 15.7. The van der Waals surface area contributed by atoms with Crippen molar-refractivity contribution < 1.29 is 0 Å². The molecule has 4 nitrogen and oxygen atoms in total. The predicted molar refractivity (Wildman–Crippen MR) is 259 cm³/mol. The van der Waals surface area contributed by atoms with Gasteiger partial charge < -0.3 is 4.57 Å². The van der Waals surface area contributed by atoms with E-state index in [0.717, 1.165) is 56.3 Å². The summed E-state index contributed by atoms with van der Waals surface area (Å²) in [7, 11) is 0. The largest absolute Gasteiger partial charge is 0.309 e. The number of benzene rings is 9. The van der Waals surface area contributed by atoms with E-state index in [0.29, 0.717) is 5.95 Å². The fourth-order valence-electron chi connectivity index (χ4n) is 9.93. The number of fused-ring (bicyclic) bond motifs is 5. The van der Waals surface area contributed by atoms with Gasteiger partial charge in [0.15, 0.2) is 0 Å². The molecule has 9 aromatic carbocycles. The summed E-state index contributed by atoms with van der Waals surface area (Å²) in [5, 5.41) is 2.46. The smallest absolute Gasteiger partial charge is 0.235 e. The summed E-state index contributed by atoms with van der Waals surface area (Å²) in [6.07, 6.45) is 0. The molecule has 63 heavy (non-hydrogen) atoms. The Morgan fingerprint density at radius 3 is 1.48 bits per heavy atom. The number of rotatable bonds is 7. The summed E-state index contributed by atoms with van der Waals surface area (Å²) < 4.78 is 2.37. The van der Waals surface area contributed by atoms with E-state index in [2.05, 4.69) is 240 Å². The van der Waals surface area contributed by atoms with Crippen molar-refractivity contribution in [2.75, 3.05) is 4.90 Å². The minimum absolute atomic E-state index is 0.619. The Balaban J connectivity index is 1.08. The standard InChI is InChI=1S/C59H40N4/c1-5-20-41(21-6-1)52-40-53(42-22-7-2-8-23-42)61-58(60-52)63-56-34-17-14-31-50(56)59(45-25-9-3-10-26-45,51-32-15-18-35-57(51)63)46-27-19-24-43(38-46)44-36-37-55-49(39-44)48-30-13-16-33-54(48)62(55)47-28-11-4-12-29-47/h1-40H. The van der Waals surface area contributed by atoms with Gasteiger partial charge in [-0.1, -0.05) is 188 Å². The number of hydrogen-bond donors (Lipinski definition) is 0. The zero-order valence-corrected chi connectivity index (χ0v) is 34.4. The molecular formula is C59H40N4. The molecule has 11 aromatic rings. The molecule has 0 radical (unpaired) electrons. The molecule has 0 bridgehead atoms. The first kappa shape index (κ1) is 36.5.